The van der Waals surface area contributed by atoms with Crippen LogP contribution in [0.1, 0.15) is 70.2 Å². The number of hydrogen-bond acceptors (Lipinski definition) is 8. The molecule has 2 aliphatic heterocycles. The van der Waals surface area contributed by atoms with Crippen molar-refractivity contribution in [2.75, 3.05) is 20.2 Å². The summed E-state index contributed by atoms with van der Waals surface area (Å²) in [5, 5.41) is 2.51. The molecule has 2 fully saturated rings. The van der Waals surface area contributed by atoms with Crippen LogP contribution >= 0.6 is 0 Å². The van der Waals surface area contributed by atoms with E-state index in [1.54, 1.807) is 49.0 Å². The lowest BCUT2D eigenvalue weighted by atomic mass is 10.0. The lowest BCUT2D eigenvalue weighted by Crippen LogP contribution is -2.46. The number of rotatable bonds is 10. The fraction of sp³-hybridized carbons (Fsp3) is 0.405. The Morgan fingerprint density at radius 2 is 1.40 bits per heavy atom. The molecule has 274 valence electrons. The van der Waals surface area contributed by atoms with E-state index in [1.165, 1.54) is 13.2 Å². The molecule has 2 aromatic heterocycles. The number of aromatic amines is 2. The lowest BCUT2D eigenvalue weighted by molar-refractivity contribution is -0.143. The normalized spacial score (nSPS) is 18.3. The van der Waals surface area contributed by atoms with Crippen molar-refractivity contribution in [3.05, 3.63) is 72.3 Å². The van der Waals surface area contributed by atoms with Crippen molar-refractivity contribution in [2.24, 2.45) is 11.7 Å². The number of alkyl carbamates (subject to hydrolysis) is 1. The van der Waals surface area contributed by atoms with Gasteiger partial charge in [-0.25, -0.2) is 23.9 Å². The van der Waals surface area contributed by atoms with E-state index in [0.29, 0.717) is 54.4 Å². The quantitative estimate of drug-likeness (QED) is 0.167. The van der Waals surface area contributed by atoms with Crippen molar-refractivity contribution in [1.82, 2.24) is 35.1 Å². The van der Waals surface area contributed by atoms with Gasteiger partial charge in [0.2, 0.25) is 5.91 Å². The number of hydrogen-bond donors (Lipinski definition) is 4. The Bertz CT molecular complexity index is 1940. The number of likely N-dealkylation sites (tertiary alicyclic amines) is 2. The van der Waals surface area contributed by atoms with Crippen LogP contribution in [-0.2, 0) is 19.1 Å². The highest BCUT2D eigenvalue weighted by Crippen LogP contribution is 2.35. The van der Waals surface area contributed by atoms with Crippen molar-refractivity contribution in [2.45, 2.75) is 70.7 Å². The zero-order valence-corrected chi connectivity index (χ0v) is 29.5. The first-order valence-corrected chi connectivity index (χ1v) is 17.4. The van der Waals surface area contributed by atoms with Gasteiger partial charge in [0, 0.05) is 18.7 Å². The summed E-state index contributed by atoms with van der Waals surface area (Å²) in [4.78, 5) is 68.4. The zero-order chi connectivity index (χ0) is 37.1. The molecule has 0 bridgehead atoms. The number of H-pyrrole nitrogens is 2. The predicted octanol–water partition coefficient (Wildman–Crippen LogP) is 5.46. The first-order valence-electron chi connectivity index (χ1n) is 17.4. The summed E-state index contributed by atoms with van der Waals surface area (Å²) in [5.74, 6) is -0.0170. The molecule has 4 heterocycles. The smallest absolute Gasteiger partial charge is 0.407 e. The van der Waals surface area contributed by atoms with Crippen LogP contribution in [0, 0.1) is 11.7 Å². The number of ether oxygens (including phenoxy) is 2. The SMILES string of the molecule is COC(=O)N[C@@H](C)C(=O)N1CCC[C@H]1c1ncc(-c2ccc(-c3ccc(-c4cnc([C@@H]5CCCN5C(=O)[C@@H](OC(N)=O)C(C)C)[nH]4)cc3)cc2F)[nH]1. The highest BCUT2D eigenvalue weighted by Gasteiger charge is 2.38. The van der Waals surface area contributed by atoms with E-state index in [0.717, 1.165) is 29.7 Å². The van der Waals surface area contributed by atoms with Crippen LogP contribution in [0.2, 0.25) is 0 Å². The second kappa shape index (κ2) is 15.3. The average Bonchev–Trinajstić information content (AvgIpc) is 3.96. The third-order valence-electron chi connectivity index (χ3n) is 9.66. The van der Waals surface area contributed by atoms with Gasteiger partial charge < -0.3 is 40.3 Å². The number of amides is 4. The summed E-state index contributed by atoms with van der Waals surface area (Å²) in [6.45, 7) is 6.25. The minimum atomic E-state index is -0.984. The van der Waals surface area contributed by atoms with Crippen molar-refractivity contribution in [3.8, 4) is 33.6 Å². The van der Waals surface area contributed by atoms with E-state index in [1.807, 2.05) is 30.3 Å². The zero-order valence-electron chi connectivity index (χ0n) is 29.5. The van der Waals surface area contributed by atoms with E-state index < -0.39 is 30.1 Å². The van der Waals surface area contributed by atoms with Crippen LogP contribution in [0.4, 0.5) is 14.0 Å². The molecule has 2 saturated heterocycles. The Labute approximate surface area is 300 Å². The van der Waals surface area contributed by atoms with Gasteiger partial charge in [-0.1, -0.05) is 44.2 Å². The number of primary amides is 1. The third kappa shape index (κ3) is 7.48. The van der Waals surface area contributed by atoms with Crippen molar-refractivity contribution in [3.63, 3.8) is 0 Å². The highest BCUT2D eigenvalue weighted by molar-refractivity contribution is 5.86. The Balaban J connectivity index is 1.13. The van der Waals surface area contributed by atoms with Crippen LogP contribution in [0.3, 0.4) is 0 Å². The van der Waals surface area contributed by atoms with Gasteiger partial charge in [-0.3, -0.25) is 9.59 Å². The van der Waals surface area contributed by atoms with Gasteiger partial charge >= 0.3 is 12.2 Å². The number of halogens is 1. The molecule has 5 N–H and O–H groups in total. The maximum absolute atomic E-state index is 15.6. The molecule has 4 amide bonds. The summed E-state index contributed by atoms with van der Waals surface area (Å²) in [5.41, 5.74) is 9.21. The molecule has 4 atom stereocenters. The summed E-state index contributed by atoms with van der Waals surface area (Å²) in [6, 6.07) is 11.3. The molecular formula is C37H43FN8O6. The molecule has 4 aromatic rings. The predicted molar refractivity (Wildman–Crippen MR) is 189 cm³/mol. The molecule has 0 aliphatic carbocycles. The number of benzene rings is 2. The number of methoxy groups -OCH3 is 1. The molecule has 14 nitrogen and oxygen atoms in total. The van der Waals surface area contributed by atoms with Crippen molar-refractivity contribution >= 4 is 24.0 Å². The minimum absolute atomic E-state index is 0.240. The molecule has 0 unspecified atom stereocenters. The van der Waals surface area contributed by atoms with E-state index >= 15 is 4.39 Å². The van der Waals surface area contributed by atoms with Gasteiger partial charge in [0.1, 0.15) is 23.5 Å². The fourth-order valence-electron chi connectivity index (χ4n) is 6.99. The minimum Gasteiger partial charge on any atom is -0.453 e. The number of nitrogens with one attached hydrogen (secondary N) is 3. The number of imidazole rings is 2. The number of carbonyl (C=O) groups is 4. The average molecular weight is 715 g/mol. The molecule has 52 heavy (non-hydrogen) atoms. The monoisotopic (exact) mass is 714 g/mol. The first kappa shape index (κ1) is 36.1. The Kier molecular flexibility index (Phi) is 10.6. The summed E-state index contributed by atoms with van der Waals surface area (Å²) in [6.07, 6.45) is 3.62. The van der Waals surface area contributed by atoms with Crippen LogP contribution in [0.15, 0.2) is 54.9 Å². The number of nitrogens with two attached hydrogens (primary N) is 1. The van der Waals surface area contributed by atoms with Crippen molar-refractivity contribution in [1.29, 1.82) is 0 Å². The maximum atomic E-state index is 15.6. The summed E-state index contributed by atoms with van der Waals surface area (Å²) >= 11 is 0. The van der Waals surface area contributed by atoms with Crippen LogP contribution in [0.25, 0.3) is 33.6 Å². The summed E-state index contributed by atoms with van der Waals surface area (Å²) in [7, 11) is 1.24. The molecule has 0 saturated carbocycles. The standard InChI is InChI=1S/C37H43FN8O6/c1-20(2)31(52-36(39)49)35(48)46-16-6-8-30(46)32-40-18-27(43-32)23-11-9-22(10-12-23)24-13-14-25(26(38)17-24)28-19-41-33(44-28)29-7-5-15-45(29)34(47)21(3)42-37(50)51-4/h9-14,17-21,29-31H,5-8,15-16H2,1-4H3,(H2,39,49)(H,40,43)(H,41,44)(H,42,50)/t21-,29-,30-,31-/m0/s1. The molecule has 0 radical (unpaired) electrons. The maximum Gasteiger partial charge on any atom is 0.407 e. The molecule has 0 spiro atoms. The van der Waals surface area contributed by atoms with E-state index in [-0.39, 0.29) is 29.8 Å². The van der Waals surface area contributed by atoms with Crippen LogP contribution in [0.5, 0.6) is 0 Å². The van der Waals surface area contributed by atoms with Gasteiger partial charge in [0.25, 0.3) is 5.91 Å². The molecular weight excluding hydrogens is 671 g/mol. The first-order chi connectivity index (χ1) is 24.9. The van der Waals surface area contributed by atoms with E-state index in [4.69, 9.17) is 10.5 Å². The molecule has 15 heteroatoms. The largest absolute Gasteiger partial charge is 0.453 e. The van der Waals surface area contributed by atoms with Crippen LogP contribution < -0.4 is 11.1 Å². The summed E-state index contributed by atoms with van der Waals surface area (Å²) < 4.78 is 25.3. The van der Waals surface area contributed by atoms with E-state index in [2.05, 4.69) is 30.0 Å². The van der Waals surface area contributed by atoms with Crippen molar-refractivity contribution < 1.29 is 33.0 Å². The van der Waals surface area contributed by atoms with E-state index in [9.17, 15) is 19.2 Å². The highest BCUT2D eigenvalue weighted by atomic mass is 19.1. The molecule has 6 rings (SSSR count). The van der Waals surface area contributed by atoms with Gasteiger partial charge in [-0.15, -0.1) is 0 Å². The Morgan fingerprint density at radius 3 is 1.98 bits per heavy atom. The Morgan fingerprint density at radius 1 is 0.846 bits per heavy atom. The number of nitrogens with zero attached hydrogens (tertiary/aromatic N) is 4. The second-order valence-electron chi connectivity index (χ2n) is 13.5. The van der Waals surface area contributed by atoms with Gasteiger partial charge in [-0.2, -0.15) is 0 Å². The topological polar surface area (TPSA) is 189 Å². The number of carbonyl (C=O) groups excluding carboxylic acids is 4. The number of aromatic nitrogens is 4. The van der Waals surface area contributed by atoms with Crippen LogP contribution in [-0.4, -0.2) is 86.1 Å². The third-order valence-corrected chi connectivity index (χ3v) is 9.66. The van der Waals surface area contributed by atoms with Gasteiger partial charge in [0.05, 0.1) is 43.0 Å². The fourth-order valence-corrected chi connectivity index (χ4v) is 6.99. The Hall–Kier alpha value is -5.73. The van der Waals surface area contributed by atoms with Gasteiger partial charge in [0.15, 0.2) is 6.10 Å². The van der Waals surface area contributed by atoms with Gasteiger partial charge in [-0.05, 0) is 67.3 Å². The lowest BCUT2D eigenvalue weighted by Gasteiger charge is -2.29. The molecule has 2 aromatic carbocycles. The second-order valence-corrected chi connectivity index (χ2v) is 13.5. The molecule has 2 aliphatic rings.